The zero-order valence-electron chi connectivity index (χ0n) is 12.1. The molecule has 2 nitrogen and oxygen atoms in total. The monoisotopic (exact) mass is 314 g/mol. The van der Waals surface area contributed by atoms with Gasteiger partial charge in [0.2, 0.25) is 5.82 Å². The topological polar surface area (TPSA) is 18.5 Å². The standard InChI is InChI=1S/C16H14F4O2/c1-3-22-12-7-6-11(15(19)16(12)20)10-5-4-9(8-21-2)13(17)14(10)18/h4-7H,3,8H2,1-2H3. The molecular formula is C16H14F4O2. The molecule has 0 heterocycles. The quantitative estimate of drug-likeness (QED) is 0.759. The maximum absolute atomic E-state index is 14.1. The normalized spacial score (nSPS) is 10.8. The van der Waals surface area contributed by atoms with Crippen molar-refractivity contribution in [2.45, 2.75) is 13.5 Å². The summed E-state index contributed by atoms with van der Waals surface area (Å²) in [5, 5.41) is 0. The predicted octanol–water partition coefficient (Wildman–Crippen LogP) is 4.46. The SMILES string of the molecule is CCOc1ccc(-c2ccc(COC)c(F)c2F)c(F)c1F. The number of methoxy groups -OCH3 is 1. The first-order chi connectivity index (χ1) is 10.5. The van der Waals surface area contributed by atoms with E-state index in [0.29, 0.717) is 0 Å². The van der Waals surface area contributed by atoms with Crippen LogP contribution in [0.25, 0.3) is 11.1 Å². The van der Waals surface area contributed by atoms with Gasteiger partial charge in [0.15, 0.2) is 23.2 Å². The number of hydrogen-bond acceptors (Lipinski definition) is 2. The van der Waals surface area contributed by atoms with E-state index in [1.807, 2.05) is 0 Å². The highest BCUT2D eigenvalue weighted by Gasteiger charge is 2.21. The van der Waals surface area contributed by atoms with Crippen LogP contribution < -0.4 is 4.74 Å². The second kappa shape index (κ2) is 6.79. The van der Waals surface area contributed by atoms with Crippen LogP contribution in [0.1, 0.15) is 12.5 Å². The Balaban J connectivity index is 2.53. The van der Waals surface area contributed by atoms with Crippen molar-refractivity contribution in [1.82, 2.24) is 0 Å². The summed E-state index contributed by atoms with van der Waals surface area (Å²) in [5.74, 6) is -5.20. The Labute approximate surface area is 125 Å². The van der Waals surface area contributed by atoms with Gasteiger partial charge in [-0.2, -0.15) is 4.39 Å². The van der Waals surface area contributed by atoms with E-state index in [0.717, 1.165) is 6.07 Å². The Morgan fingerprint density at radius 1 is 0.818 bits per heavy atom. The van der Waals surface area contributed by atoms with Crippen molar-refractivity contribution >= 4 is 0 Å². The number of ether oxygens (including phenoxy) is 2. The lowest BCUT2D eigenvalue weighted by molar-refractivity contribution is 0.180. The number of halogens is 4. The van der Waals surface area contributed by atoms with E-state index in [2.05, 4.69) is 0 Å². The Morgan fingerprint density at radius 2 is 1.41 bits per heavy atom. The average molecular weight is 314 g/mol. The molecule has 0 atom stereocenters. The van der Waals surface area contributed by atoms with Crippen LogP contribution in [0.5, 0.6) is 5.75 Å². The highest BCUT2D eigenvalue weighted by atomic mass is 19.2. The molecule has 0 aliphatic heterocycles. The third kappa shape index (κ3) is 2.92. The lowest BCUT2D eigenvalue weighted by atomic mass is 10.0. The lowest BCUT2D eigenvalue weighted by Gasteiger charge is -2.11. The van der Waals surface area contributed by atoms with Gasteiger partial charge in [-0.25, -0.2) is 13.2 Å². The Bertz CT molecular complexity index is 627. The molecule has 0 aliphatic carbocycles. The van der Waals surface area contributed by atoms with Crippen LogP contribution in [0.3, 0.4) is 0 Å². The number of benzene rings is 2. The number of rotatable bonds is 5. The van der Waals surface area contributed by atoms with Gasteiger partial charge in [0, 0.05) is 23.8 Å². The van der Waals surface area contributed by atoms with Crippen molar-refractivity contribution in [3.05, 3.63) is 53.1 Å². The van der Waals surface area contributed by atoms with Gasteiger partial charge in [0.1, 0.15) is 0 Å². The molecular weight excluding hydrogens is 300 g/mol. The van der Waals surface area contributed by atoms with Crippen LogP contribution in [0.4, 0.5) is 17.6 Å². The molecule has 22 heavy (non-hydrogen) atoms. The van der Waals surface area contributed by atoms with Gasteiger partial charge in [0.25, 0.3) is 0 Å². The predicted molar refractivity (Wildman–Crippen MR) is 73.6 cm³/mol. The van der Waals surface area contributed by atoms with Gasteiger partial charge in [0.05, 0.1) is 13.2 Å². The average Bonchev–Trinajstić information content (AvgIpc) is 2.50. The molecule has 2 aromatic carbocycles. The van der Waals surface area contributed by atoms with E-state index < -0.39 is 23.3 Å². The largest absolute Gasteiger partial charge is 0.491 e. The van der Waals surface area contributed by atoms with Crippen molar-refractivity contribution in [3.63, 3.8) is 0 Å². The lowest BCUT2D eigenvalue weighted by Crippen LogP contribution is -2.02. The van der Waals surface area contributed by atoms with Crippen molar-refractivity contribution < 1.29 is 27.0 Å². The van der Waals surface area contributed by atoms with E-state index in [1.165, 1.54) is 25.3 Å². The maximum Gasteiger partial charge on any atom is 0.201 e. The second-order valence-corrected chi connectivity index (χ2v) is 4.51. The van der Waals surface area contributed by atoms with E-state index in [9.17, 15) is 17.6 Å². The van der Waals surface area contributed by atoms with Crippen LogP contribution in [-0.2, 0) is 11.3 Å². The molecule has 0 radical (unpaired) electrons. The zero-order chi connectivity index (χ0) is 16.3. The van der Waals surface area contributed by atoms with Crippen LogP contribution >= 0.6 is 0 Å². The molecule has 0 spiro atoms. The Kier molecular flexibility index (Phi) is 5.03. The molecule has 0 fully saturated rings. The van der Waals surface area contributed by atoms with Gasteiger partial charge in [-0.3, -0.25) is 0 Å². The summed E-state index contributed by atoms with van der Waals surface area (Å²) in [6.07, 6.45) is 0. The molecule has 2 rings (SSSR count). The molecule has 0 saturated carbocycles. The molecule has 0 saturated heterocycles. The van der Waals surface area contributed by atoms with Gasteiger partial charge in [-0.1, -0.05) is 12.1 Å². The van der Waals surface area contributed by atoms with E-state index in [4.69, 9.17) is 9.47 Å². The second-order valence-electron chi connectivity index (χ2n) is 4.51. The molecule has 0 aliphatic rings. The first-order valence-electron chi connectivity index (χ1n) is 6.58. The van der Waals surface area contributed by atoms with Crippen molar-refractivity contribution in [1.29, 1.82) is 0 Å². The summed E-state index contributed by atoms with van der Waals surface area (Å²) in [7, 11) is 1.34. The first-order valence-corrected chi connectivity index (χ1v) is 6.58. The highest BCUT2D eigenvalue weighted by Crippen LogP contribution is 2.33. The fourth-order valence-electron chi connectivity index (χ4n) is 2.07. The molecule has 0 N–H and O–H groups in total. The fourth-order valence-corrected chi connectivity index (χ4v) is 2.07. The summed E-state index contributed by atoms with van der Waals surface area (Å²) in [6.45, 7) is 1.66. The van der Waals surface area contributed by atoms with Crippen LogP contribution in [-0.4, -0.2) is 13.7 Å². The highest BCUT2D eigenvalue weighted by molar-refractivity contribution is 5.66. The third-order valence-corrected chi connectivity index (χ3v) is 3.10. The molecule has 118 valence electrons. The van der Waals surface area contributed by atoms with Crippen LogP contribution in [0.15, 0.2) is 24.3 Å². The Hall–Kier alpha value is -2.08. The van der Waals surface area contributed by atoms with E-state index in [-0.39, 0.29) is 35.7 Å². The molecule has 0 bridgehead atoms. The molecule has 6 heteroatoms. The van der Waals surface area contributed by atoms with E-state index >= 15 is 0 Å². The fraction of sp³-hybridized carbons (Fsp3) is 0.250. The zero-order valence-corrected chi connectivity index (χ0v) is 12.1. The minimum atomic E-state index is -1.29. The van der Waals surface area contributed by atoms with Crippen molar-refractivity contribution in [3.8, 4) is 16.9 Å². The minimum Gasteiger partial charge on any atom is -0.491 e. The van der Waals surface area contributed by atoms with E-state index in [1.54, 1.807) is 6.92 Å². The number of hydrogen-bond donors (Lipinski definition) is 0. The van der Waals surface area contributed by atoms with Crippen LogP contribution in [0, 0.1) is 23.3 Å². The summed E-state index contributed by atoms with van der Waals surface area (Å²) in [6, 6.07) is 4.78. The van der Waals surface area contributed by atoms with Crippen molar-refractivity contribution in [2.24, 2.45) is 0 Å². The summed E-state index contributed by atoms with van der Waals surface area (Å²) < 4.78 is 65.5. The first kappa shape index (κ1) is 16.3. The smallest absolute Gasteiger partial charge is 0.201 e. The van der Waals surface area contributed by atoms with Gasteiger partial charge < -0.3 is 9.47 Å². The summed E-state index contributed by atoms with van der Waals surface area (Å²) in [5.41, 5.74) is -0.742. The molecule has 2 aromatic rings. The molecule has 0 amide bonds. The van der Waals surface area contributed by atoms with Gasteiger partial charge in [-0.05, 0) is 19.1 Å². The van der Waals surface area contributed by atoms with Crippen molar-refractivity contribution in [2.75, 3.05) is 13.7 Å². The van der Waals surface area contributed by atoms with Gasteiger partial charge in [-0.15, -0.1) is 0 Å². The minimum absolute atomic E-state index is 0.00411. The molecule has 0 aromatic heterocycles. The Morgan fingerprint density at radius 3 is 2.00 bits per heavy atom. The van der Waals surface area contributed by atoms with Crippen LogP contribution in [0.2, 0.25) is 0 Å². The third-order valence-electron chi connectivity index (χ3n) is 3.10. The molecule has 0 unspecified atom stereocenters. The summed E-state index contributed by atoms with van der Waals surface area (Å²) >= 11 is 0. The summed E-state index contributed by atoms with van der Waals surface area (Å²) in [4.78, 5) is 0. The van der Waals surface area contributed by atoms with Gasteiger partial charge >= 0.3 is 0 Å². The maximum atomic E-state index is 14.1.